The molecule has 2 aromatic carbocycles. The number of fused-ring (bicyclic) bond motifs is 6. The molecule has 0 saturated carbocycles. The van der Waals surface area contributed by atoms with Crippen LogP contribution in [0.3, 0.4) is 0 Å². The summed E-state index contributed by atoms with van der Waals surface area (Å²) < 4.78 is 28.2. The standard InChI is InChI=1S/C29H35NO8/c1-3-35-25(31)17-21-27-19-9-5-7-11-23(19)37-15-13-34-14-16-38-24-12-8-6-10-20(24)28(30-27)22(29(21)33)18-26(32)36-4-2/h5-12,21-22,27-28,30H,3-4,13-18H2,1-2H3. The Hall–Kier alpha value is -3.43. The number of piperidine rings is 1. The summed E-state index contributed by atoms with van der Waals surface area (Å²) in [6, 6.07) is 13.7. The van der Waals surface area contributed by atoms with Crippen LogP contribution < -0.4 is 14.8 Å². The second-order valence-corrected chi connectivity index (χ2v) is 9.14. The zero-order valence-corrected chi connectivity index (χ0v) is 21.9. The van der Waals surface area contributed by atoms with Crippen molar-refractivity contribution in [2.24, 2.45) is 11.8 Å². The predicted molar refractivity (Wildman–Crippen MR) is 138 cm³/mol. The summed E-state index contributed by atoms with van der Waals surface area (Å²) in [6.45, 7) is 5.22. The van der Waals surface area contributed by atoms with Gasteiger partial charge in [-0.2, -0.15) is 0 Å². The van der Waals surface area contributed by atoms with E-state index in [2.05, 4.69) is 5.32 Å². The molecular weight excluding hydrogens is 490 g/mol. The Bertz CT molecular complexity index is 1040. The average molecular weight is 526 g/mol. The molecule has 1 saturated heterocycles. The van der Waals surface area contributed by atoms with Crippen LogP contribution in [-0.2, 0) is 28.6 Å². The lowest BCUT2D eigenvalue weighted by atomic mass is 9.72. The third-order valence-electron chi connectivity index (χ3n) is 6.76. The molecule has 0 aliphatic carbocycles. The lowest BCUT2D eigenvalue weighted by molar-refractivity contribution is -0.151. The van der Waals surface area contributed by atoms with Gasteiger partial charge in [-0.1, -0.05) is 36.4 Å². The Morgan fingerprint density at radius 2 is 1.21 bits per heavy atom. The molecule has 204 valence electrons. The number of esters is 2. The maximum atomic E-state index is 14.2. The lowest BCUT2D eigenvalue weighted by Crippen LogP contribution is -2.50. The molecule has 9 nitrogen and oxygen atoms in total. The van der Waals surface area contributed by atoms with Crippen molar-refractivity contribution in [1.29, 1.82) is 0 Å². The summed E-state index contributed by atoms with van der Waals surface area (Å²) in [4.78, 5) is 39.5. The van der Waals surface area contributed by atoms with E-state index in [-0.39, 0.29) is 31.8 Å². The van der Waals surface area contributed by atoms with Crippen LogP contribution in [0.2, 0.25) is 0 Å². The summed E-state index contributed by atoms with van der Waals surface area (Å²) in [5.74, 6) is -1.54. The zero-order valence-electron chi connectivity index (χ0n) is 21.9. The van der Waals surface area contributed by atoms with E-state index in [1.807, 2.05) is 48.5 Å². The van der Waals surface area contributed by atoms with Gasteiger partial charge in [0.2, 0.25) is 0 Å². The average Bonchev–Trinajstić information content (AvgIpc) is 2.91. The molecule has 9 heteroatoms. The van der Waals surface area contributed by atoms with E-state index in [0.717, 1.165) is 11.1 Å². The van der Waals surface area contributed by atoms with Crippen LogP contribution in [0.1, 0.15) is 49.9 Å². The first kappa shape index (κ1) is 27.6. The molecule has 1 N–H and O–H groups in total. The van der Waals surface area contributed by atoms with Crippen molar-refractivity contribution in [2.75, 3.05) is 39.6 Å². The molecule has 0 aromatic heterocycles. The highest BCUT2D eigenvalue weighted by molar-refractivity contribution is 5.92. The Kier molecular flexibility index (Phi) is 9.73. The number of hydrogen-bond acceptors (Lipinski definition) is 9. The van der Waals surface area contributed by atoms with Crippen molar-refractivity contribution in [1.82, 2.24) is 5.32 Å². The van der Waals surface area contributed by atoms with Crippen molar-refractivity contribution in [3.8, 4) is 11.5 Å². The van der Waals surface area contributed by atoms with Gasteiger partial charge >= 0.3 is 11.9 Å². The third-order valence-corrected chi connectivity index (χ3v) is 6.76. The molecule has 2 aliphatic rings. The minimum atomic E-state index is -0.785. The number of carbonyl (C=O) groups is 3. The summed E-state index contributed by atoms with van der Waals surface area (Å²) in [5.41, 5.74) is 1.48. The molecule has 2 aliphatic heterocycles. The molecule has 4 atom stereocenters. The van der Waals surface area contributed by atoms with Crippen LogP contribution in [0.4, 0.5) is 0 Å². The normalized spacial score (nSPS) is 23.5. The number of nitrogens with one attached hydrogen (secondary N) is 1. The summed E-state index contributed by atoms with van der Waals surface area (Å²) >= 11 is 0. The minimum absolute atomic E-state index is 0.133. The van der Waals surface area contributed by atoms with E-state index in [4.69, 9.17) is 23.7 Å². The molecule has 38 heavy (non-hydrogen) atoms. The topological polar surface area (TPSA) is 109 Å². The fourth-order valence-corrected chi connectivity index (χ4v) is 5.14. The Morgan fingerprint density at radius 1 is 0.763 bits per heavy atom. The molecule has 0 radical (unpaired) electrons. The van der Waals surface area contributed by atoms with Gasteiger partial charge in [0, 0.05) is 35.0 Å². The number of carbonyl (C=O) groups excluding carboxylic acids is 3. The van der Waals surface area contributed by atoms with Gasteiger partial charge in [0.05, 0.1) is 39.3 Å². The van der Waals surface area contributed by atoms with Crippen LogP contribution >= 0.6 is 0 Å². The van der Waals surface area contributed by atoms with Gasteiger partial charge in [0.25, 0.3) is 0 Å². The van der Waals surface area contributed by atoms with Crippen molar-refractivity contribution in [2.45, 2.75) is 38.8 Å². The van der Waals surface area contributed by atoms with E-state index >= 15 is 0 Å². The van der Waals surface area contributed by atoms with Crippen LogP contribution in [0, 0.1) is 11.8 Å². The predicted octanol–water partition coefficient (Wildman–Crippen LogP) is 3.57. The number of rotatable bonds is 6. The van der Waals surface area contributed by atoms with E-state index in [9.17, 15) is 14.4 Å². The summed E-state index contributed by atoms with van der Waals surface area (Å²) in [7, 11) is 0. The molecule has 2 heterocycles. The van der Waals surface area contributed by atoms with Gasteiger partial charge in [-0.25, -0.2) is 0 Å². The van der Waals surface area contributed by atoms with Crippen molar-refractivity contribution in [3.63, 3.8) is 0 Å². The van der Waals surface area contributed by atoms with Gasteiger partial charge < -0.3 is 29.0 Å². The van der Waals surface area contributed by atoms with Gasteiger partial charge in [-0.3, -0.25) is 14.4 Å². The van der Waals surface area contributed by atoms with Crippen LogP contribution in [0.5, 0.6) is 11.5 Å². The summed E-state index contributed by atoms with van der Waals surface area (Å²) in [5, 5.41) is 3.62. The number of ketones is 1. The monoisotopic (exact) mass is 525 g/mol. The number of para-hydroxylation sites is 2. The first-order valence-corrected chi connectivity index (χ1v) is 13.2. The van der Waals surface area contributed by atoms with Crippen molar-refractivity contribution >= 4 is 17.7 Å². The van der Waals surface area contributed by atoms with Crippen molar-refractivity contribution in [3.05, 3.63) is 59.7 Å². The van der Waals surface area contributed by atoms with Crippen LogP contribution in [0.15, 0.2) is 48.5 Å². The SMILES string of the molecule is CCOC(=O)CC1C(=O)C(CC(=O)OCC)C2NC1c1ccccc1OCCOCCOc1ccccc12. The van der Waals surface area contributed by atoms with Gasteiger partial charge in [-0.05, 0) is 26.0 Å². The molecule has 4 rings (SSSR count). The van der Waals surface area contributed by atoms with E-state index < -0.39 is 35.9 Å². The highest BCUT2D eigenvalue weighted by Gasteiger charge is 2.47. The third kappa shape index (κ3) is 6.52. The summed E-state index contributed by atoms with van der Waals surface area (Å²) in [6.07, 6.45) is -0.266. The van der Waals surface area contributed by atoms with Gasteiger partial charge in [-0.15, -0.1) is 0 Å². The lowest BCUT2D eigenvalue weighted by Gasteiger charge is -2.42. The van der Waals surface area contributed by atoms with Gasteiger partial charge in [0.15, 0.2) is 0 Å². The fourth-order valence-electron chi connectivity index (χ4n) is 5.14. The molecule has 2 aromatic rings. The molecule has 1 fully saturated rings. The molecule has 2 bridgehead atoms. The first-order valence-electron chi connectivity index (χ1n) is 13.2. The first-order chi connectivity index (χ1) is 18.5. The Morgan fingerprint density at radius 3 is 1.66 bits per heavy atom. The van der Waals surface area contributed by atoms with Crippen molar-refractivity contribution < 1.29 is 38.1 Å². The smallest absolute Gasteiger partial charge is 0.306 e. The Balaban J connectivity index is 1.83. The quantitative estimate of drug-likeness (QED) is 0.566. The molecular formula is C29H35NO8. The van der Waals surface area contributed by atoms with E-state index in [0.29, 0.717) is 37.9 Å². The van der Waals surface area contributed by atoms with E-state index in [1.165, 1.54) is 0 Å². The second kappa shape index (κ2) is 13.4. The number of Topliss-reactive ketones (excluding diaryl/α,β-unsaturated/α-hetero) is 1. The number of benzene rings is 2. The van der Waals surface area contributed by atoms with Gasteiger partial charge in [0.1, 0.15) is 30.5 Å². The molecule has 0 spiro atoms. The second-order valence-electron chi connectivity index (χ2n) is 9.14. The maximum Gasteiger partial charge on any atom is 0.306 e. The van der Waals surface area contributed by atoms with E-state index in [1.54, 1.807) is 13.8 Å². The number of hydrogen-bond donors (Lipinski definition) is 1. The highest BCUT2D eigenvalue weighted by atomic mass is 16.5. The fraction of sp³-hybridized carbons (Fsp3) is 0.483. The molecule has 4 unspecified atom stereocenters. The Labute approximate surface area is 222 Å². The van der Waals surface area contributed by atoms with Crippen LogP contribution in [-0.4, -0.2) is 57.4 Å². The number of ether oxygens (including phenoxy) is 5. The van der Waals surface area contributed by atoms with Crippen LogP contribution in [0.25, 0.3) is 0 Å². The highest BCUT2D eigenvalue weighted by Crippen LogP contribution is 2.45. The largest absolute Gasteiger partial charge is 0.491 e. The minimum Gasteiger partial charge on any atom is -0.491 e. The maximum absolute atomic E-state index is 14.2. The zero-order chi connectivity index (χ0) is 26.9. The molecule has 0 amide bonds.